The van der Waals surface area contributed by atoms with Crippen molar-refractivity contribution >= 4 is 17.6 Å². The summed E-state index contributed by atoms with van der Waals surface area (Å²) >= 11 is 0. The van der Waals surface area contributed by atoms with E-state index in [1.807, 2.05) is 6.92 Å². The largest absolute Gasteiger partial charge is 0.382 e. The molecule has 5 N–H and O–H groups in total. The highest BCUT2D eigenvalue weighted by molar-refractivity contribution is 5.67. The van der Waals surface area contributed by atoms with Crippen molar-refractivity contribution in [2.45, 2.75) is 25.9 Å². The smallest absolute Gasteiger partial charge is 0.224 e. The molecular formula is C15H24N6O. The minimum Gasteiger partial charge on any atom is -0.382 e. The van der Waals surface area contributed by atoms with Crippen molar-refractivity contribution in [2.24, 2.45) is 0 Å². The molecule has 1 unspecified atom stereocenters. The summed E-state index contributed by atoms with van der Waals surface area (Å²) in [5, 5.41) is 9.79. The van der Waals surface area contributed by atoms with Crippen molar-refractivity contribution < 1.29 is 5.11 Å². The molecule has 2 rings (SSSR count). The van der Waals surface area contributed by atoms with Crippen LogP contribution in [0.5, 0.6) is 0 Å². The van der Waals surface area contributed by atoms with Crippen molar-refractivity contribution in [1.82, 2.24) is 14.9 Å². The van der Waals surface area contributed by atoms with E-state index in [2.05, 4.69) is 38.7 Å². The maximum atomic E-state index is 9.79. The molecule has 7 heteroatoms. The van der Waals surface area contributed by atoms with Gasteiger partial charge < -0.3 is 26.4 Å². The molecule has 1 aromatic heterocycles. The van der Waals surface area contributed by atoms with Gasteiger partial charge in [0.1, 0.15) is 17.5 Å². The second kappa shape index (κ2) is 7.29. The number of hydrogen-bond acceptors (Lipinski definition) is 7. The van der Waals surface area contributed by atoms with Crippen LogP contribution in [0, 0.1) is 11.8 Å². The lowest BCUT2D eigenvalue weighted by Gasteiger charge is -2.33. The van der Waals surface area contributed by atoms with Crippen molar-refractivity contribution in [1.29, 1.82) is 0 Å². The third-order valence-electron chi connectivity index (χ3n) is 3.66. The second-order valence-electron chi connectivity index (χ2n) is 5.53. The molecule has 22 heavy (non-hydrogen) atoms. The van der Waals surface area contributed by atoms with Crippen LogP contribution >= 0.6 is 0 Å². The summed E-state index contributed by atoms with van der Waals surface area (Å²) in [5.74, 6) is 6.82. The zero-order valence-electron chi connectivity index (χ0n) is 13.2. The molecule has 1 fully saturated rings. The Morgan fingerprint density at radius 3 is 2.55 bits per heavy atom. The van der Waals surface area contributed by atoms with Gasteiger partial charge in [0.2, 0.25) is 5.95 Å². The fourth-order valence-electron chi connectivity index (χ4n) is 2.35. The Bertz CT molecular complexity index is 571. The molecule has 120 valence electrons. The van der Waals surface area contributed by atoms with Gasteiger partial charge in [-0.25, -0.2) is 0 Å². The van der Waals surface area contributed by atoms with E-state index in [1.54, 1.807) is 0 Å². The number of nitrogen functional groups attached to an aromatic ring is 2. The van der Waals surface area contributed by atoms with Gasteiger partial charge in [0.05, 0.1) is 0 Å². The van der Waals surface area contributed by atoms with Crippen LogP contribution in [-0.4, -0.2) is 59.3 Å². The zero-order chi connectivity index (χ0) is 16.1. The fourth-order valence-corrected chi connectivity index (χ4v) is 2.35. The molecule has 0 amide bonds. The number of rotatable bonds is 3. The van der Waals surface area contributed by atoms with Crippen LogP contribution in [0.15, 0.2) is 0 Å². The van der Waals surface area contributed by atoms with Gasteiger partial charge in [-0.3, -0.25) is 0 Å². The summed E-state index contributed by atoms with van der Waals surface area (Å²) in [7, 11) is 2.09. The SMILES string of the molecule is CCCC(O)C#Cc1c(N)nc(N)nc1N1CCN(C)CC1. The lowest BCUT2D eigenvalue weighted by Crippen LogP contribution is -2.45. The molecule has 0 aliphatic carbocycles. The molecule has 2 heterocycles. The van der Waals surface area contributed by atoms with Crippen molar-refractivity contribution in [3.63, 3.8) is 0 Å². The monoisotopic (exact) mass is 304 g/mol. The van der Waals surface area contributed by atoms with Gasteiger partial charge in [-0.05, 0) is 13.5 Å². The van der Waals surface area contributed by atoms with Crippen molar-refractivity contribution in [3.05, 3.63) is 5.56 Å². The summed E-state index contributed by atoms with van der Waals surface area (Å²) in [6.07, 6.45) is 0.837. The van der Waals surface area contributed by atoms with Crippen LogP contribution in [-0.2, 0) is 0 Å². The predicted molar refractivity (Wildman–Crippen MR) is 88.4 cm³/mol. The molecule has 1 aliphatic rings. The van der Waals surface area contributed by atoms with Gasteiger partial charge in [0.25, 0.3) is 0 Å². The number of hydrogen-bond donors (Lipinski definition) is 3. The molecule has 0 bridgehead atoms. The van der Waals surface area contributed by atoms with E-state index in [0.717, 1.165) is 32.6 Å². The molecule has 7 nitrogen and oxygen atoms in total. The van der Waals surface area contributed by atoms with E-state index in [1.165, 1.54) is 0 Å². The first kappa shape index (κ1) is 16.3. The number of nitrogens with zero attached hydrogens (tertiary/aromatic N) is 4. The highest BCUT2D eigenvalue weighted by Gasteiger charge is 2.20. The van der Waals surface area contributed by atoms with E-state index in [9.17, 15) is 5.11 Å². The highest BCUT2D eigenvalue weighted by Crippen LogP contribution is 2.23. The summed E-state index contributed by atoms with van der Waals surface area (Å²) in [6, 6.07) is 0. The van der Waals surface area contributed by atoms with Gasteiger partial charge in [0.15, 0.2) is 5.82 Å². The highest BCUT2D eigenvalue weighted by atomic mass is 16.3. The summed E-state index contributed by atoms with van der Waals surface area (Å²) in [4.78, 5) is 12.7. The molecule has 1 aliphatic heterocycles. The van der Waals surface area contributed by atoms with Crippen LogP contribution in [0.25, 0.3) is 0 Å². The Kier molecular flexibility index (Phi) is 5.41. The Hall–Kier alpha value is -2.04. The summed E-state index contributed by atoms with van der Waals surface area (Å²) < 4.78 is 0. The van der Waals surface area contributed by atoms with Crippen LogP contribution in [0.3, 0.4) is 0 Å². The average molecular weight is 304 g/mol. The number of piperazine rings is 1. The molecule has 0 aromatic carbocycles. The maximum Gasteiger partial charge on any atom is 0.224 e. The quantitative estimate of drug-likeness (QED) is 0.670. The number of nitrogens with two attached hydrogens (primary N) is 2. The van der Waals surface area contributed by atoms with E-state index >= 15 is 0 Å². The van der Waals surface area contributed by atoms with E-state index < -0.39 is 6.10 Å². The van der Waals surface area contributed by atoms with Crippen molar-refractivity contribution in [3.8, 4) is 11.8 Å². The molecule has 0 radical (unpaired) electrons. The number of aliphatic hydroxyl groups is 1. The first-order chi connectivity index (χ1) is 10.5. The standard InChI is InChI=1S/C15H24N6O/c1-3-4-11(22)5-6-12-13(16)18-15(17)19-14(12)21-9-7-20(2)8-10-21/h11,22H,3-4,7-10H2,1-2H3,(H4,16,17,18,19). The van der Waals surface area contributed by atoms with Gasteiger partial charge in [-0.2, -0.15) is 9.97 Å². The minimum atomic E-state index is -0.665. The zero-order valence-corrected chi connectivity index (χ0v) is 13.2. The molecule has 1 saturated heterocycles. The fraction of sp³-hybridized carbons (Fsp3) is 0.600. The first-order valence-corrected chi connectivity index (χ1v) is 7.57. The Morgan fingerprint density at radius 1 is 1.23 bits per heavy atom. The van der Waals surface area contributed by atoms with Crippen LogP contribution in [0.1, 0.15) is 25.3 Å². The van der Waals surface area contributed by atoms with Gasteiger partial charge in [-0.1, -0.05) is 25.2 Å². The number of anilines is 3. The number of likely N-dealkylation sites (N-methyl/N-ethyl adjacent to an activating group) is 1. The summed E-state index contributed by atoms with van der Waals surface area (Å²) in [5.41, 5.74) is 12.2. The van der Waals surface area contributed by atoms with Crippen molar-refractivity contribution in [2.75, 3.05) is 49.6 Å². The Labute approximate surface area is 131 Å². The van der Waals surface area contributed by atoms with Crippen LogP contribution in [0.4, 0.5) is 17.6 Å². The number of aromatic nitrogens is 2. The van der Waals surface area contributed by atoms with E-state index in [4.69, 9.17) is 11.5 Å². The van der Waals surface area contributed by atoms with E-state index in [-0.39, 0.29) is 11.8 Å². The van der Waals surface area contributed by atoms with E-state index in [0.29, 0.717) is 17.8 Å². The Balaban J connectivity index is 2.31. The molecule has 0 saturated carbocycles. The third kappa shape index (κ3) is 4.00. The molecule has 0 spiro atoms. The van der Waals surface area contributed by atoms with Gasteiger partial charge in [-0.15, -0.1) is 0 Å². The normalized spacial score (nSPS) is 17.0. The third-order valence-corrected chi connectivity index (χ3v) is 3.66. The van der Waals surface area contributed by atoms with Gasteiger partial charge >= 0.3 is 0 Å². The Morgan fingerprint density at radius 2 is 1.91 bits per heavy atom. The van der Waals surface area contributed by atoms with Gasteiger partial charge in [0, 0.05) is 26.2 Å². The maximum absolute atomic E-state index is 9.79. The molecular weight excluding hydrogens is 280 g/mol. The second-order valence-corrected chi connectivity index (χ2v) is 5.53. The minimum absolute atomic E-state index is 0.145. The lowest BCUT2D eigenvalue weighted by atomic mass is 10.2. The first-order valence-electron chi connectivity index (χ1n) is 7.57. The molecule has 1 atom stereocenters. The summed E-state index contributed by atoms with van der Waals surface area (Å²) in [6.45, 7) is 5.54. The average Bonchev–Trinajstić information content (AvgIpc) is 2.46. The van der Waals surface area contributed by atoms with Crippen LogP contribution in [0.2, 0.25) is 0 Å². The number of aliphatic hydroxyl groups excluding tert-OH is 1. The van der Waals surface area contributed by atoms with Crippen LogP contribution < -0.4 is 16.4 Å². The predicted octanol–water partition coefficient (Wildman–Crippen LogP) is -0.0947. The topological polar surface area (TPSA) is 105 Å². The lowest BCUT2D eigenvalue weighted by molar-refractivity contribution is 0.221. The molecule has 1 aromatic rings.